The van der Waals surface area contributed by atoms with Crippen LogP contribution >= 0.6 is 0 Å². The fraction of sp³-hybridized carbons (Fsp3) is 0.444. The highest BCUT2D eigenvalue weighted by Gasteiger charge is 2.50. The molecule has 1 fully saturated rings. The number of nitrogens with one attached hydrogen (secondary N) is 1. The van der Waals surface area contributed by atoms with Gasteiger partial charge in [-0.3, -0.25) is 4.79 Å². The number of carboxylic acids is 1. The van der Waals surface area contributed by atoms with Gasteiger partial charge in [-0.1, -0.05) is 48.5 Å². The van der Waals surface area contributed by atoms with Gasteiger partial charge in [-0.2, -0.15) is 0 Å². The van der Waals surface area contributed by atoms with E-state index in [2.05, 4.69) is 17.4 Å². The number of carbonyl (C=O) groups is 3. The van der Waals surface area contributed by atoms with Gasteiger partial charge < -0.3 is 24.8 Å². The van der Waals surface area contributed by atoms with Crippen LogP contribution in [-0.2, 0) is 19.1 Å². The fourth-order valence-corrected chi connectivity index (χ4v) is 5.12. The monoisotopic (exact) mass is 480 g/mol. The van der Waals surface area contributed by atoms with Gasteiger partial charge in [-0.25, -0.2) is 9.59 Å². The van der Waals surface area contributed by atoms with Crippen molar-refractivity contribution in [3.63, 3.8) is 0 Å². The first-order valence-electron chi connectivity index (χ1n) is 12.0. The molecular formula is C27H32N2O6. The predicted molar refractivity (Wildman–Crippen MR) is 130 cm³/mol. The highest BCUT2D eigenvalue weighted by Crippen LogP contribution is 2.44. The zero-order valence-electron chi connectivity index (χ0n) is 20.2. The maximum atomic E-state index is 13.3. The molecule has 2 aromatic rings. The summed E-state index contributed by atoms with van der Waals surface area (Å²) >= 11 is 0. The van der Waals surface area contributed by atoms with E-state index in [-0.39, 0.29) is 12.5 Å². The van der Waals surface area contributed by atoms with Gasteiger partial charge in [0.1, 0.15) is 18.2 Å². The van der Waals surface area contributed by atoms with Gasteiger partial charge in [-0.05, 0) is 54.4 Å². The molecule has 2 aliphatic rings. The molecule has 0 saturated heterocycles. The molecule has 0 heterocycles. The van der Waals surface area contributed by atoms with Crippen LogP contribution in [0.25, 0.3) is 11.1 Å². The molecule has 2 N–H and O–H groups in total. The third-order valence-electron chi connectivity index (χ3n) is 7.33. The highest BCUT2D eigenvalue weighted by molar-refractivity contribution is 5.91. The number of carboxylic acid groups (broad SMARTS) is 1. The van der Waals surface area contributed by atoms with Gasteiger partial charge in [-0.15, -0.1) is 0 Å². The molecular weight excluding hydrogens is 448 g/mol. The third kappa shape index (κ3) is 4.75. The second-order valence-electron chi connectivity index (χ2n) is 9.25. The molecule has 2 amide bonds. The summed E-state index contributed by atoms with van der Waals surface area (Å²) in [4.78, 5) is 39.2. The van der Waals surface area contributed by atoms with Crippen LogP contribution in [0.3, 0.4) is 0 Å². The van der Waals surface area contributed by atoms with Crippen LogP contribution in [0.2, 0.25) is 0 Å². The van der Waals surface area contributed by atoms with Crippen molar-refractivity contribution < 1.29 is 29.0 Å². The van der Waals surface area contributed by atoms with Gasteiger partial charge >= 0.3 is 12.1 Å². The van der Waals surface area contributed by atoms with Gasteiger partial charge in [0.15, 0.2) is 0 Å². The van der Waals surface area contributed by atoms with E-state index >= 15 is 0 Å². The number of amides is 2. The van der Waals surface area contributed by atoms with Crippen LogP contribution in [0.1, 0.15) is 49.1 Å². The summed E-state index contributed by atoms with van der Waals surface area (Å²) < 4.78 is 10.7. The Morgan fingerprint density at radius 2 is 1.69 bits per heavy atom. The number of alkyl carbamates (subject to hydrolysis) is 1. The standard InChI is InChI=1S/C27H32N2O6/c1-29(27(25(31)32)14-8-15-27)24(30)23(13-7-16-34-2)28-26(33)35-17-22-20-11-5-3-9-18(20)19-10-4-6-12-21(19)22/h3-6,9-12,22-23H,7-8,13-17H2,1-2H3,(H,28,33)(H,31,32). The average Bonchev–Trinajstić information content (AvgIpc) is 3.14. The lowest BCUT2D eigenvalue weighted by atomic mass is 9.75. The van der Waals surface area contributed by atoms with Crippen molar-refractivity contribution in [3.05, 3.63) is 59.7 Å². The Morgan fingerprint density at radius 3 is 2.20 bits per heavy atom. The van der Waals surface area contributed by atoms with Crippen LogP contribution in [0, 0.1) is 0 Å². The first-order valence-corrected chi connectivity index (χ1v) is 12.0. The zero-order chi connectivity index (χ0) is 25.0. The van der Waals surface area contributed by atoms with E-state index in [4.69, 9.17) is 9.47 Å². The first-order chi connectivity index (χ1) is 16.9. The third-order valence-corrected chi connectivity index (χ3v) is 7.33. The highest BCUT2D eigenvalue weighted by atomic mass is 16.5. The molecule has 0 radical (unpaired) electrons. The predicted octanol–water partition coefficient (Wildman–Crippen LogP) is 3.79. The van der Waals surface area contributed by atoms with Crippen molar-refractivity contribution in [2.45, 2.75) is 49.6 Å². The van der Waals surface area contributed by atoms with Crippen molar-refractivity contribution in [2.75, 3.05) is 27.4 Å². The topological polar surface area (TPSA) is 105 Å². The molecule has 0 aromatic heterocycles. The van der Waals surface area contributed by atoms with Gasteiger partial charge in [0.05, 0.1) is 0 Å². The number of likely N-dealkylation sites (N-methyl/N-ethyl adjacent to an activating group) is 1. The lowest BCUT2D eigenvalue weighted by molar-refractivity contribution is -0.165. The van der Waals surface area contributed by atoms with E-state index in [1.807, 2.05) is 36.4 Å². The minimum absolute atomic E-state index is 0.0938. The molecule has 1 atom stereocenters. The fourth-order valence-electron chi connectivity index (χ4n) is 5.12. The maximum absolute atomic E-state index is 13.3. The second kappa shape index (κ2) is 10.5. The minimum Gasteiger partial charge on any atom is -0.479 e. The molecule has 4 rings (SSSR count). The molecule has 186 valence electrons. The summed E-state index contributed by atoms with van der Waals surface area (Å²) in [5.41, 5.74) is 3.25. The minimum atomic E-state index is -1.21. The van der Waals surface area contributed by atoms with Crippen LogP contribution in [0.4, 0.5) is 4.79 Å². The number of carbonyl (C=O) groups excluding carboxylic acids is 2. The Labute approximate surface area is 205 Å². The molecule has 8 nitrogen and oxygen atoms in total. The SMILES string of the molecule is COCCCC(NC(=O)OCC1c2ccccc2-c2ccccc21)C(=O)N(C)C1(C(=O)O)CCC1. The Kier molecular flexibility index (Phi) is 7.40. The molecule has 2 aliphatic carbocycles. The van der Waals surface area contributed by atoms with E-state index < -0.39 is 29.6 Å². The van der Waals surface area contributed by atoms with E-state index in [0.717, 1.165) is 28.7 Å². The van der Waals surface area contributed by atoms with Crippen LogP contribution in [0.15, 0.2) is 48.5 Å². The van der Waals surface area contributed by atoms with E-state index in [0.29, 0.717) is 32.3 Å². The molecule has 8 heteroatoms. The molecule has 0 bridgehead atoms. The van der Waals surface area contributed by atoms with Gasteiger partial charge in [0.25, 0.3) is 0 Å². The summed E-state index contributed by atoms with van der Waals surface area (Å²) in [6.45, 7) is 0.553. The summed E-state index contributed by atoms with van der Waals surface area (Å²) in [6, 6.07) is 15.2. The summed E-state index contributed by atoms with van der Waals surface area (Å²) in [7, 11) is 3.06. The Hall–Kier alpha value is -3.39. The molecule has 0 aliphatic heterocycles. The molecule has 2 aromatic carbocycles. The lowest BCUT2D eigenvalue weighted by Crippen LogP contribution is -2.63. The molecule has 0 spiro atoms. The van der Waals surface area contributed by atoms with E-state index in [1.165, 1.54) is 11.9 Å². The van der Waals surface area contributed by atoms with Crippen LogP contribution in [-0.4, -0.2) is 66.9 Å². The first kappa shape index (κ1) is 24.7. The number of fused-ring (bicyclic) bond motifs is 3. The second-order valence-corrected chi connectivity index (χ2v) is 9.25. The summed E-state index contributed by atoms with van der Waals surface area (Å²) in [5, 5.41) is 12.4. The Balaban J connectivity index is 1.44. The maximum Gasteiger partial charge on any atom is 0.407 e. The largest absolute Gasteiger partial charge is 0.479 e. The zero-order valence-corrected chi connectivity index (χ0v) is 20.2. The lowest BCUT2D eigenvalue weighted by Gasteiger charge is -2.45. The smallest absolute Gasteiger partial charge is 0.407 e. The number of ether oxygens (including phenoxy) is 2. The summed E-state index contributed by atoms with van der Waals surface area (Å²) in [5.74, 6) is -1.54. The molecule has 35 heavy (non-hydrogen) atoms. The van der Waals surface area contributed by atoms with Gasteiger partial charge in [0.2, 0.25) is 5.91 Å². The van der Waals surface area contributed by atoms with Crippen molar-refractivity contribution in [2.24, 2.45) is 0 Å². The van der Waals surface area contributed by atoms with Crippen LogP contribution < -0.4 is 5.32 Å². The normalized spacial score (nSPS) is 16.4. The quantitative estimate of drug-likeness (QED) is 0.502. The number of hydrogen-bond donors (Lipinski definition) is 2. The average molecular weight is 481 g/mol. The number of methoxy groups -OCH3 is 1. The summed E-state index contributed by atoms with van der Waals surface area (Å²) in [6.07, 6.45) is 1.70. The molecule has 1 unspecified atom stereocenters. The van der Waals surface area contributed by atoms with Crippen molar-refractivity contribution in [1.82, 2.24) is 10.2 Å². The Morgan fingerprint density at radius 1 is 1.09 bits per heavy atom. The van der Waals surface area contributed by atoms with Gasteiger partial charge in [0, 0.05) is 26.7 Å². The molecule has 1 saturated carbocycles. The number of nitrogens with zero attached hydrogens (tertiary/aromatic N) is 1. The van der Waals surface area contributed by atoms with Crippen LogP contribution in [0.5, 0.6) is 0 Å². The van der Waals surface area contributed by atoms with Crippen molar-refractivity contribution >= 4 is 18.0 Å². The van der Waals surface area contributed by atoms with Crippen molar-refractivity contribution in [3.8, 4) is 11.1 Å². The van der Waals surface area contributed by atoms with E-state index in [9.17, 15) is 19.5 Å². The number of hydrogen-bond acceptors (Lipinski definition) is 5. The number of benzene rings is 2. The van der Waals surface area contributed by atoms with Crippen molar-refractivity contribution in [1.29, 1.82) is 0 Å². The Bertz CT molecular complexity index is 1050. The van der Waals surface area contributed by atoms with E-state index in [1.54, 1.807) is 7.11 Å². The number of rotatable bonds is 10. The number of aliphatic carboxylic acids is 1.